The summed E-state index contributed by atoms with van der Waals surface area (Å²) in [6.45, 7) is 4.60. The van der Waals surface area contributed by atoms with Crippen molar-refractivity contribution in [2.24, 2.45) is 5.73 Å². The number of ether oxygens (including phenoxy) is 1. The van der Waals surface area contributed by atoms with Gasteiger partial charge in [0.05, 0.1) is 13.2 Å². The summed E-state index contributed by atoms with van der Waals surface area (Å²) in [6.07, 6.45) is 1.51. The van der Waals surface area contributed by atoms with E-state index in [1.807, 2.05) is 25.1 Å². The molecule has 0 amide bonds. The van der Waals surface area contributed by atoms with Crippen molar-refractivity contribution in [2.45, 2.75) is 31.9 Å². The van der Waals surface area contributed by atoms with Gasteiger partial charge in [-0.3, -0.25) is 0 Å². The van der Waals surface area contributed by atoms with E-state index in [-0.39, 0.29) is 0 Å². The summed E-state index contributed by atoms with van der Waals surface area (Å²) in [5, 5.41) is 10.4. The topological polar surface area (TPSA) is 58.7 Å². The van der Waals surface area contributed by atoms with Crippen LogP contribution in [-0.4, -0.2) is 42.8 Å². The second-order valence-electron chi connectivity index (χ2n) is 5.40. The molecule has 3 N–H and O–H groups in total. The first-order chi connectivity index (χ1) is 9.10. The van der Waals surface area contributed by atoms with Gasteiger partial charge in [-0.05, 0) is 45.0 Å². The Kier molecular flexibility index (Phi) is 4.80. The summed E-state index contributed by atoms with van der Waals surface area (Å²) < 4.78 is 5.33. The lowest BCUT2D eigenvalue weighted by molar-refractivity contribution is 0.0957. The largest absolute Gasteiger partial charge is 0.496 e. The molecule has 0 aliphatic carbocycles. The number of rotatable bonds is 4. The van der Waals surface area contributed by atoms with Crippen LogP contribution in [0.1, 0.15) is 30.1 Å². The van der Waals surface area contributed by atoms with E-state index in [1.165, 1.54) is 0 Å². The molecule has 1 aromatic rings. The van der Waals surface area contributed by atoms with E-state index in [0.29, 0.717) is 12.6 Å². The van der Waals surface area contributed by atoms with Crippen LogP contribution >= 0.6 is 0 Å². The highest BCUT2D eigenvalue weighted by Crippen LogP contribution is 2.27. The Balaban J connectivity index is 2.03. The van der Waals surface area contributed by atoms with Crippen LogP contribution in [0, 0.1) is 6.92 Å². The fourth-order valence-corrected chi connectivity index (χ4v) is 2.59. The minimum absolute atomic E-state index is 0.321. The fraction of sp³-hybridized carbons (Fsp3) is 0.600. The van der Waals surface area contributed by atoms with Crippen LogP contribution in [0.15, 0.2) is 18.2 Å². The molecule has 0 radical (unpaired) electrons. The number of hydrogen-bond acceptors (Lipinski definition) is 4. The molecule has 1 aliphatic heterocycles. The third kappa shape index (κ3) is 3.69. The van der Waals surface area contributed by atoms with Crippen LogP contribution < -0.4 is 10.5 Å². The third-order valence-electron chi connectivity index (χ3n) is 3.81. The number of likely N-dealkylation sites (tertiary alicyclic amines) is 1. The van der Waals surface area contributed by atoms with Gasteiger partial charge in [-0.2, -0.15) is 0 Å². The van der Waals surface area contributed by atoms with Gasteiger partial charge in [-0.25, -0.2) is 0 Å². The van der Waals surface area contributed by atoms with Crippen molar-refractivity contribution < 1.29 is 9.84 Å². The zero-order valence-corrected chi connectivity index (χ0v) is 11.8. The van der Waals surface area contributed by atoms with Crippen molar-refractivity contribution >= 4 is 0 Å². The molecule has 0 bridgehead atoms. The van der Waals surface area contributed by atoms with Gasteiger partial charge in [0.1, 0.15) is 5.75 Å². The van der Waals surface area contributed by atoms with E-state index in [0.717, 1.165) is 42.8 Å². The first kappa shape index (κ1) is 14.3. The number of nitrogens with zero attached hydrogens (tertiary/aromatic N) is 1. The number of β-amino-alcohol motifs (C(OH)–C–C–N with tert-alkyl or cyclic N) is 1. The Bertz CT molecular complexity index is 415. The van der Waals surface area contributed by atoms with Gasteiger partial charge in [0.15, 0.2) is 0 Å². The van der Waals surface area contributed by atoms with Gasteiger partial charge in [0.2, 0.25) is 0 Å². The van der Waals surface area contributed by atoms with Gasteiger partial charge in [0, 0.05) is 18.2 Å². The van der Waals surface area contributed by atoms with E-state index in [2.05, 4.69) is 4.90 Å². The summed E-state index contributed by atoms with van der Waals surface area (Å²) in [4.78, 5) is 2.27. The molecule has 1 aromatic carbocycles. The molecule has 4 nitrogen and oxygen atoms in total. The number of aryl methyl sites for hydroxylation is 1. The van der Waals surface area contributed by atoms with Gasteiger partial charge in [0.25, 0.3) is 0 Å². The zero-order chi connectivity index (χ0) is 13.8. The van der Waals surface area contributed by atoms with Crippen molar-refractivity contribution in [3.05, 3.63) is 29.3 Å². The molecule has 19 heavy (non-hydrogen) atoms. The number of piperidine rings is 1. The molecule has 1 saturated heterocycles. The molecule has 1 unspecified atom stereocenters. The van der Waals surface area contributed by atoms with Gasteiger partial charge >= 0.3 is 0 Å². The number of nitrogens with two attached hydrogens (primary N) is 1. The van der Waals surface area contributed by atoms with E-state index in [4.69, 9.17) is 10.5 Å². The smallest absolute Gasteiger partial charge is 0.124 e. The maximum Gasteiger partial charge on any atom is 0.124 e. The first-order valence-electron chi connectivity index (χ1n) is 6.90. The quantitative estimate of drug-likeness (QED) is 0.864. The first-order valence-corrected chi connectivity index (χ1v) is 6.90. The molecule has 0 spiro atoms. The van der Waals surface area contributed by atoms with Crippen molar-refractivity contribution in [1.82, 2.24) is 4.90 Å². The molecule has 2 rings (SSSR count). The molecule has 0 aromatic heterocycles. The van der Waals surface area contributed by atoms with Gasteiger partial charge < -0.3 is 20.5 Å². The van der Waals surface area contributed by atoms with Gasteiger partial charge in [-0.15, -0.1) is 0 Å². The summed E-state index contributed by atoms with van der Waals surface area (Å²) in [7, 11) is 1.64. The SMILES string of the molecule is COc1ccc(C)cc1C(O)CN1CCC(N)CC1. The van der Waals surface area contributed by atoms with Crippen molar-refractivity contribution in [3.8, 4) is 5.75 Å². The third-order valence-corrected chi connectivity index (χ3v) is 3.81. The molecule has 106 valence electrons. The minimum Gasteiger partial charge on any atom is -0.496 e. The Morgan fingerprint density at radius 2 is 2.11 bits per heavy atom. The average molecular weight is 264 g/mol. The predicted molar refractivity (Wildman–Crippen MR) is 76.3 cm³/mol. The van der Waals surface area contributed by atoms with Crippen LogP contribution in [0.5, 0.6) is 5.75 Å². The Labute approximate surface area is 115 Å². The lowest BCUT2D eigenvalue weighted by Gasteiger charge is -2.31. The molecular weight excluding hydrogens is 240 g/mol. The standard InChI is InChI=1S/C15H24N2O2/c1-11-3-4-15(19-2)13(9-11)14(18)10-17-7-5-12(16)6-8-17/h3-4,9,12,14,18H,5-8,10,16H2,1-2H3. The van der Waals surface area contributed by atoms with E-state index in [9.17, 15) is 5.11 Å². The Morgan fingerprint density at radius 1 is 1.42 bits per heavy atom. The fourth-order valence-electron chi connectivity index (χ4n) is 2.59. The number of methoxy groups -OCH3 is 1. The highest BCUT2D eigenvalue weighted by molar-refractivity contribution is 5.38. The normalized spacial score (nSPS) is 19.4. The summed E-state index contributed by atoms with van der Waals surface area (Å²) in [5.74, 6) is 0.756. The number of aliphatic hydroxyl groups excluding tert-OH is 1. The lowest BCUT2D eigenvalue weighted by Crippen LogP contribution is -2.41. The van der Waals surface area contributed by atoms with Crippen LogP contribution in [0.25, 0.3) is 0 Å². The Morgan fingerprint density at radius 3 is 2.74 bits per heavy atom. The average Bonchev–Trinajstić information content (AvgIpc) is 2.41. The second-order valence-corrected chi connectivity index (χ2v) is 5.40. The molecule has 1 atom stereocenters. The monoisotopic (exact) mass is 264 g/mol. The molecule has 0 saturated carbocycles. The van der Waals surface area contributed by atoms with Crippen LogP contribution in [0.3, 0.4) is 0 Å². The zero-order valence-electron chi connectivity index (χ0n) is 11.8. The van der Waals surface area contributed by atoms with Crippen LogP contribution in [0.2, 0.25) is 0 Å². The maximum absolute atomic E-state index is 10.4. The second kappa shape index (κ2) is 6.37. The molecule has 4 heteroatoms. The number of benzene rings is 1. The minimum atomic E-state index is -0.510. The highest BCUT2D eigenvalue weighted by atomic mass is 16.5. The summed E-state index contributed by atoms with van der Waals surface area (Å²) in [5.41, 5.74) is 7.90. The summed E-state index contributed by atoms with van der Waals surface area (Å²) in [6, 6.07) is 6.23. The maximum atomic E-state index is 10.4. The highest BCUT2D eigenvalue weighted by Gasteiger charge is 2.21. The van der Waals surface area contributed by atoms with E-state index >= 15 is 0 Å². The van der Waals surface area contributed by atoms with Gasteiger partial charge in [-0.1, -0.05) is 11.6 Å². The van der Waals surface area contributed by atoms with Crippen molar-refractivity contribution in [1.29, 1.82) is 0 Å². The van der Waals surface area contributed by atoms with Crippen molar-refractivity contribution in [2.75, 3.05) is 26.7 Å². The number of hydrogen-bond donors (Lipinski definition) is 2. The van der Waals surface area contributed by atoms with Crippen LogP contribution in [0.4, 0.5) is 0 Å². The molecular formula is C15H24N2O2. The molecule has 1 heterocycles. The Hall–Kier alpha value is -1.10. The lowest BCUT2D eigenvalue weighted by atomic mass is 10.0. The molecule has 1 aliphatic rings. The van der Waals surface area contributed by atoms with E-state index in [1.54, 1.807) is 7.11 Å². The van der Waals surface area contributed by atoms with Crippen LogP contribution in [-0.2, 0) is 0 Å². The molecule has 1 fully saturated rings. The summed E-state index contributed by atoms with van der Waals surface area (Å²) >= 11 is 0. The predicted octanol–water partition coefficient (Wildman–Crippen LogP) is 1.46. The number of aliphatic hydroxyl groups is 1. The van der Waals surface area contributed by atoms with E-state index < -0.39 is 6.10 Å². The van der Waals surface area contributed by atoms with Crippen molar-refractivity contribution in [3.63, 3.8) is 0 Å².